The van der Waals surface area contributed by atoms with Crippen LogP contribution in [0.1, 0.15) is 26.8 Å². The topological polar surface area (TPSA) is 39.6 Å². The summed E-state index contributed by atoms with van der Waals surface area (Å²) in [4.78, 5) is 5.67. The summed E-state index contributed by atoms with van der Waals surface area (Å²) >= 11 is 0. The SMILES string of the molecule is CCN(CC)c1ccc(C2C=CC=CC2=[N+]=[N-])cc1.F[P-](F)(F)(F)(F)F.[H+]. The number of halogens is 6. The molecule has 1 unspecified atom stereocenters. The molecular weight excluding hydrogens is 379 g/mol. The van der Waals surface area contributed by atoms with Gasteiger partial charge in [-0.05, 0) is 31.5 Å². The van der Waals surface area contributed by atoms with Gasteiger partial charge in [-0.1, -0.05) is 30.4 Å². The zero-order valence-corrected chi connectivity index (χ0v) is 15.1. The number of allylic oxidation sites excluding steroid dienone is 4. The van der Waals surface area contributed by atoms with Crippen molar-refractivity contribution < 1.29 is 31.4 Å². The van der Waals surface area contributed by atoms with E-state index in [2.05, 4.69) is 47.8 Å². The maximum Gasteiger partial charge on any atom is 1.00 e. The van der Waals surface area contributed by atoms with Crippen molar-refractivity contribution in [3.05, 3.63) is 59.7 Å². The number of nitrogens with zero attached hydrogens (tertiary/aromatic N) is 3. The Morgan fingerprint density at radius 1 is 1.00 bits per heavy atom. The van der Waals surface area contributed by atoms with Crippen molar-refractivity contribution in [1.82, 2.24) is 0 Å². The summed E-state index contributed by atoms with van der Waals surface area (Å²) in [6.07, 6.45) is 7.75. The molecule has 0 N–H and O–H groups in total. The van der Waals surface area contributed by atoms with E-state index in [1.165, 1.54) is 5.69 Å². The summed E-state index contributed by atoms with van der Waals surface area (Å²) in [7, 11) is -10.7. The van der Waals surface area contributed by atoms with E-state index in [0.29, 0.717) is 5.71 Å². The molecule has 0 heterocycles. The molecule has 0 saturated heterocycles. The molecule has 0 bridgehead atoms. The maximum atomic E-state index is 9.87. The summed E-state index contributed by atoms with van der Waals surface area (Å²) < 4.78 is 59.2. The Labute approximate surface area is 149 Å². The first-order valence-electron chi connectivity index (χ1n) is 7.73. The predicted octanol–water partition coefficient (Wildman–Crippen LogP) is 6.91. The van der Waals surface area contributed by atoms with Crippen LogP contribution in [0, 0.1) is 0 Å². The van der Waals surface area contributed by atoms with Crippen LogP contribution >= 0.6 is 7.81 Å². The van der Waals surface area contributed by atoms with E-state index >= 15 is 0 Å². The van der Waals surface area contributed by atoms with E-state index in [4.69, 9.17) is 5.53 Å². The summed E-state index contributed by atoms with van der Waals surface area (Å²) in [5.41, 5.74) is 12.1. The summed E-state index contributed by atoms with van der Waals surface area (Å²) in [6, 6.07) is 8.47. The Morgan fingerprint density at radius 3 is 1.92 bits per heavy atom. The molecular formula is C16H20F6N3P. The molecule has 0 aromatic heterocycles. The van der Waals surface area contributed by atoms with Crippen molar-refractivity contribution in [2.45, 2.75) is 19.8 Å². The van der Waals surface area contributed by atoms with E-state index in [9.17, 15) is 25.2 Å². The van der Waals surface area contributed by atoms with Gasteiger partial charge in [0.15, 0.2) is 0 Å². The first-order valence-corrected chi connectivity index (χ1v) is 9.76. The van der Waals surface area contributed by atoms with Gasteiger partial charge in [0.25, 0.3) is 0 Å². The van der Waals surface area contributed by atoms with E-state index < -0.39 is 7.81 Å². The first kappa shape index (κ1) is 21.9. The van der Waals surface area contributed by atoms with Gasteiger partial charge in [0, 0.05) is 24.9 Å². The molecule has 1 atom stereocenters. The smallest absolute Gasteiger partial charge is 1.00 e. The van der Waals surface area contributed by atoms with Gasteiger partial charge in [-0.15, -0.1) is 0 Å². The van der Waals surface area contributed by atoms with Crippen LogP contribution < -0.4 is 4.90 Å². The Kier molecular flexibility index (Phi) is 6.12. The molecule has 1 aromatic rings. The second-order valence-corrected chi connectivity index (χ2v) is 7.39. The van der Waals surface area contributed by atoms with Crippen molar-refractivity contribution in [2.24, 2.45) is 0 Å². The van der Waals surface area contributed by atoms with Gasteiger partial charge in [-0.3, -0.25) is 0 Å². The number of benzene rings is 1. The number of rotatable bonds is 4. The molecule has 3 nitrogen and oxygen atoms in total. The van der Waals surface area contributed by atoms with Crippen molar-refractivity contribution in [3.8, 4) is 0 Å². The summed E-state index contributed by atoms with van der Waals surface area (Å²) in [5, 5.41) is 0. The van der Waals surface area contributed by atoms with Crippen molar-refractivity contribution in [2.75, 3.05) is 18.0 Å². The molecule has 0 spiro atoms. The monoisotopic (exact) mass is 399 g/mol. The molecule has 0 amide bonds. The van der Waals surface area contributed by atoms with Gasteiger partial charge in [0.1, 0.15) is 5.92 Å². The molecule has 0 radical (unpaired) electrons. The van der Waals surface area contributed by atoms with Gasteiger partial charge in [0.05, 0.1) is 0 Å². The molecule has 0 fully saturated rings. The Morgan fingerprint density at radius 2 is 1.50 bits per heavy atom. The Hall–Kier alpha value is -2.11. The van der Waals surface area contributed by atoms with E-state index in [-0.39, 0.29) is 7.34 Å². The van der Waals surface area contributed by atoms with Crippen molar-refractivity contribution in [3.63, 3.8) is 0 Å². The van der Waals surface area contributed by atoms with Crippen molar-refractivity contribution in [1.29, 1.82) is 0 Å². The molecule has 0 saturated carbocycles. The molecule has 1 aliphatic rings. The van der Waals surface area contributed by atoms with E-state index in [1.807, 2.05) is 24.3 Å². The molecule has 1 aliphatic carbocycles. The zero-order valence-electron chi connectivity index (χ0n) is 15.2. The van der Waals surface area contributed by atoms with Gasteiger partial charge in [0.2, 0.25) is 0 Å². The average Bonchev–Trinajstić information content (AvgIpc) is 2.54. The normalized spacial score (nSPS) is 18.9. The number of anilines is 1. The van der Waals surface area contributed by atoms with Crippen LogP contribution in [0.5, 0.6) is 0 Å². The fraction of sp³-hybridized carbons (Fsp3) is 0.312. The largest absolute Gasteiger partial charge is 1.00 e. The third-order valence-corrected chi connectivity index (χ3v) is 3.50. The van der Waals surface area contributed by atoms with Gasteiger partial charge >= 0.3 is 40.1 Å². The maximum absolute atomic E-state index is 10.7. The van der Waals surface area contributed by atoms with Crippen LogP contribution in [-0.2, 0) is 0 Å². The fourth-order valence-electron chi connectivity index (χ4n) is 2.39. The van der Waals surface area contributed by atoms with E-state index in [0.717, 1.165) is 18.7 Å². The van der Waals surface area contributed by atoms with Gasteiger partial charge in [-0.25, -0.2) is 0 Å². The van der Waals surface area contributed by atoms with Gasteiger partial charge < -0.3 is 10.4 Å². The quantitative estimate of drug-likeness (QED) is 0.235. The number of hydrogen-bond acceptors (Lipinski definition) is 1. The summed E-state index contributed by atoms with van der Waals surface area (Å²) in [5.74, 6) is 0.0424. The Balaban J connectivity index is 0.000000728. The van der Waals surface area contributed by atoms with Gasteiger partial charge in [-0.2, -0.15) is 4.79 Å². The van der Waals surface area contributed by atoms with Crippen LogP contribution in [-0.4, -0.2) is 23.6 Å². The third-order valence-electron chi connectivity index (χ3n) is 3.50. The van der Waals surface area contributed by atoms with Crippen LogP contribution in [0.2, 0.25) is 0 Å². The standard InChI is InChI=1S/C16H19N3.F6P/c1-3-19(4-2)14-11-9-13(10-12-14)15-7-5-6-8-16(15)18-17;1-7(2,3,4,5)6/h5-12,15H,3-4H2,1-2H3;/q;-1/p+1. The van der Waals surface area contributed by atoms with Crippen LogP contribution in [0.25, 0.3) is 5.53 Å². The first-order chi connectivity index (χ1) is 11.7. The minimum Gasteiger partial charge on any atom is 1.00 e. The van der Waals surface area contributed by atoms with Crippen molar-refractivity contribution >= 4 is 19.2 Å². The predicted molar refractivity (Wildman–Crippen MR) is 94.3 cm³/mol. The van der Waals surface area contributed by atoms with Crippen LogP contribution in [0.4, 0.5) is 30.9 Å². The van der Waals surface area contributed by atoms with E-state index in [1.54, 1.807) is 0 Å². The second kappa shape index (κ2) is 7.25. The number of hydrogen-bond donors (Lipinski definition) is 0. The fourth-order valence-corrected chi connectivity index (χ4v) is 2.39. The molecule has 26 heavy (non-hydrogen) atoms. The molecule has 1 aromatic carbocycles. The third kappa shape index (κ3) is 8.83. The molecule has 2 rings (SSSR count). The summed E-state index contributed by atoms with van der Waals surface area (Å²) in [6.45, 7) is 6.32. The Bertz CT molecular complexity index is 722. The minimum absolute atomic E-state index is 0. The van der Waals surface area contributed by atoms with Crippen LogP contribution in [0.15, 0.2) is 48.6 Å². The molecule has 10 heteroatoms. The second-order valence-electron chi connectivity index (χ2n) is 5.47. The average molecular weight is 399 g/mol. The zero-order chi connectivity index (χ0) is 20.1. The van der Waals surface area contributed by atoms with Crippen LogP contribution in [0.3, 0.4) is 0 Å². The molecule has 146 valence electrons. The minimum atomic E-state index is -10.7. The molecule has 0 aliphatic heterocycles.